The lowest BCUT2D eigenvalue weighted by atomic mass is 9.96. The van der Waals surface area contributed by atoms with Crippen LogP contribution in [0.4, 0.5) is 0 Å². The minimum Gasteiger partial charge on any atom is -0.379 e. The van der Waals surface area contributed by atoms with Gasteiger partial charge in [-0.15, -0.1) is 0 Å². The van der Waals surface area contributed by atoms with Gasteiger partial charge in [0.05, 0.1) is 11.2 Å². The molecule has 2 atom stereocenters. The van der Waals surface area contributed by atoms with E-state index in [2.05, 4.69) is 13.8 Å². The fourth-order valence-corrected chi connectivity index (χ4v) is 4.20. The van der Waals surface area contributed by atoms with Gasteiger partial charge in [0.25, 0.3) is 0 Å². The lowest BCUT2D eigenvalue weighted by Crippen LogP contribution is -2.25. The van der Waals surface area contributed by atoms with E-state index in [0.29, 0.717) is 0 Å². The molecular formula is C16H36NO4PS. The molecule has 0 fully saturated rings. The van der Waals surface area contributed by atoms with Gasteiger partial charge in [0.15, 0.2) is 0 Å². The molecular weight excluding hydrogens is 333 g/mol. The van der Waals surface area contributed by atoms with E-state index in [9.17, 15) is 4.57 Å². The molecule has 0 aliphatic rings. The van der Waals surface area contributed by atoms with Gasteiger partial charge >= 0.3 is 7.75 Å². The zero-order chi connectivity index (χ0) is 18.0. The van der Waals surface area contributed by atoms with Crippen molar-refractivity contribution in [3.8, 4) is 0 Å². The molecule has 3 N–H and O–H groups in total. The molecule has 5 nitrogen and oxygen atoms in total. The van der Waals surface area contributed by atoms with Crippen LogP contribution in [0.2, 0.25) is 0 Å². The molecule has 0 aromatic carbocycles. The van der Waals surface area contributed by atoms with Crippen LogP contribution >= 0.6 is 19.5 Å². The fourth-order valence-electron chi connectivity index (χ4n) is 2.38. The zero-order valence-electron chi connectivity index (χ0n) is 15.5. The molecule has 0 aliphatic heterocycles. The molecule has 0 aromatic rings. The monoisotopic (exact) mass is 369 g/mol. The van der Waals surface area contributed by atoms with Crippen molar-refractivity contribution in [3.05, 3.63) is 0 Å². The summed E-state index contributed by atoms with van der Waals surface area (Å²) in [7, 11) is -2.10. The average Bonchev–Trinajstić information content (AvgIpc) is 2.42. The minimum absolute atomic E-state index is 0.0331. The van der Waals surface area contributed by atoms with Crippen molar-refractivity contribution in [2.24, 2.45) is 5.50 Å². The van der Waals surface area contributed by atoms with Gasteiger partial charge in [0.1, 0.15) is 0 Å². The van der Waals surface area contributed by atoms with E-state index in [1.165, 1.54) is 18.6 Å². The van der Waals surface area contributed by atoms with Crippen LogP contribution in [0.1, 0.15) is 72.6 Å². The number of rotatable bonds is 14. The van der Waals surface area contributed by atoms with Crippen molar-refractivity contribution in [2.45, 2.75) is 83.8 Å². The Morgan fingerprint density at radius 2 is 1.61 bits per heavy atom. The Labute approximate surface area is 146 Å². The van der Waals surface area contributed by atoms with Gasteiger partial charge < -0.3 is 9.63 Å². The predicted octanol–water partition coefficient (Wildman–Crippen LogP) is 4.73. The Hall–Kier alpha value is 0.420. The summed E-state index contributed by atoms with van der Waals surface area (Å²) in [6, 6.07) is 0. The molecule has 140 valence electrons. The number of nitrogens with two attached hydrogens (primary N) is 1. The first-order valence-corrected chi connectivity index (χ1v) is 11.3. The molecule has 0 rings (SSSR count). The lowest BCUT2D eigenvalue weighted by Gasteiger charge is -2.26. The Balaban J connectivity index is 3.59. The molecule has 0 aliphatic carbocycles. The van der Waals surface area contributed by atoms with Gasteiger partial charge in [-0.2, -0.15) is 11.8 Å². The normalized spacial score (nSPS) is 17.7. The van der Waals surface area contributed by atoms with E-state index in [0.717, 1.165) is 37.9 Å². The standard InChI is InChI=1S/C16H36NO4PS/c1-6-16(4,20-5)12-8-10-14-23-13-9-7-11-15(2,3)21-22(17,18)19/h6-14H2,1-5H3,(H3,17,18,19). The molecule has 0 amide bonds. The molecule has 0 aromatic heterocycles. The third kappa shape index (κ3) is 13.4. The maximum atomic E-state index is 11.1. The summed E-state index contributed by atoms with van der Waals surface area (Å²) in [5, 5.41) is 0. The van der Waals surface area contributed by atoms with Crippen molar-refractivity contribution in [2.75, 3.05) is 18.6 Å². The summed E-state index contributed by atoms with van der Waals surface area (Å²) >= 11 is 1.97. The van der Waals surface area contributed by atoms with Gasteiger partial charge in [-0.3, -0.25) is 4.52 Å². The Morgan fingerprint density at radius 1 is 1.09 bits per heavy atom. The summed E-state index contributed by atoms with van der Waals surface area (Å²) in [5.74, 6) is 2.29. The summed E-state index contributed by atoms with van der Waals surface area (Å²) in [6.07, 6.45) is 7.38. The predicted molar refractivity (Wildman–Crippen MR) is 99.9 cm³/mol. The van der Waals surface area contributed by atoms with E-state index in [1.807, 2.05) is 11.8 Å². The molecule has 0 bridgehead atoms. The number of unbranched alkanes of at least 4 members (excludes halogenated alkanes) is 2. The van der Waals surface area contributed by atoms with Gasteiger partial charge in [-0.25, -0.2) is 10.1 Å². The first kappa shape index (κ1) is 23.4. The van der Waals surface area contributed by atoms with E-state index < -0.39 is 13.3 Å². The molecule has 0 radical (unpaired) electrons. The van der Waals surface area contributed by atoms with Crippen molar-refractivity contribution in [3.63, 3.8) is 0 Å². The van der Waals surface area contributed by atoms with Gasteiger partial charge in [0.2, 0.25) is 0 Å². The van der Waals surface area contributed by atoms with Gasteiger partial charge in [-0.1, -0.05) is 6.92 Å². The Kier molecular flexibility index (Phi) is 11.3. The largest absolute Gasteiger partial charge is 0.400 e. The number of hydrogen-bond acceptors (Lipinski definition) is 4. The van der Waals surface area contributed by atoms with Crippen LogP contribution in [0.5, 0.6) is 0 Å². The third-order valence-electron chi connectivity index (χ3n) is 4.18. The maximum Gasteiger partial charge on any atom is 0.400 e. The Morgan fingerprint density at radius 3 is 2.04 bits per heavy atom. The van der Waals surface area contributed by atoms with E-state index >= 15 is 0 Å². The number of thioether (sulfide) groups is 1. The second-order valence-electron chi connectivity index (χ2n) is 6.95. The van der Waals surface area contributed by atoms with Gasteiger partial charge in [0, 0.05) is 7.11 Å². The molecule has 2 unspecified atom stereocenters. The van der Waals surface area contributed by atoms with Crippen LogP contribution in [-0.2, 0) is 13.8 Å². The summed E-state index contributed by atoms with van der Waals surface area (Å²) in [6.45, 7) is 7.95. The first-order valence-electron chi connectivity index (χ1n) is 8.48. The van der Waals surface area contributed by atoms with Crippen molar-refractivity contribution >= 4 is 19.5 Å². The van der Waals surface area contributed by atoms with Crippen LogP contribution in [0.15, 0.2) is 0 Å². The molecule has 23 heavy (non-hydrogen) atoms. The van der Waals surface area contributed by atoms with Crippen molar-refractivity contribution in [1.82, 2.24) is 0 Å². The van der Waals surface area contributed by atoms with Crippen molar-refractivity contribution < 1.29 is 18.7 Å². The fraction of sp³-hybridized carbons (Fsp3) is 1.00. The van der Waals surface area contributed by atoms with Crippen LogP contribution < -0.4 is 5.50 Å². The first-order chi connectivity index (χ1) is 10.5. The highest BCUT2D eigenvalue weighted by Crippen LogP contribution is 2.39. The summed E-state index contributed by atoms with van der Waals surface area (Å²) in [4.78, 5) is 9.07. The molecule has 0 saturated heterocycles. The molecule has 0 spiro atoms. The second kappa shape index (κ2) is 11.1. The Bertz CT molecular complexity index is 356. The van der Waals surface area contributed by atoms with E-state index in [4.69, 9.17) is 19.7 Å². The molecule has 7 heteroatoms. The van der Waals surface area contributed by atoms with Crippen LogP contribution in [0, 0.1) is 0 Å². The SMILES string of the molecule is CCC(C)(CCCCSCCCCC(C)(C)OP(N)(=O)O)OC. The quantitative estimate of drug-likeness (QED) is 0.340. The highest BCUT2D eigenvalue weighted by Gasteiger charge is 2.26. The smallest absolute Gasteiger partial charge is 0.379 e. The maximum absolute atomic E-state index is 11.1. The van der Waals surface area contributed by atoms with E-state index in [1.54, 1.807) is 21.0 Å². The van der Waals surface area contributed by atoms with Crippen LogP contribution in [-0.4, -0.2) is 34.7 Å². The highest BCUT2D eigenvalue weighted by atomic mass is 32.2. The number of methoxy groups -OCH3 is 1. The van der Waals surface area contributed by atoms with Crippen LogP contribution in [0.3, 0.4) is 0 Å². The molecule has 0 saturated carbocycles. The van der Waals surface area contributed by atoms with Crippen LogP contribution in [0.25, 0.3) is 0 Å². The second-order valence-corrected chi connectivity index (χ2v) is 9.48. The molecule has 0 heterocycles. The topological polar surface area (TPSA) is 81.8 Å². The highest BCUT2D eigenvalue weighted by molar-refractivity contribution is 7.99. The summed E-state index contributed by atoms with van der Waals surface area (Å²) in [5.41, 5.74) is 4.44. The van der Waals surface area contributed by atoms with Crippen molar-refractivity contribution in [1.29, 1.82) is 0 Å². The zero-order valence-corrected chi connectivity index (χ0v) is 17.2. The van der Waals surface area contributed by atoms with E-state index in [-0.39, 0.29) is 5.60 Å². The van der Waals surface area contributed by atoms with Gasteiger partial charge in [-0.05, 0) is 77.2 Å². The average molecular weight is 370 g/mol. The minimum atomic E-state index is -3.90. The lowest BCUT2D eigenvalue weighted by molar-refractivity contribution is -0.00578. The summed E-state index contributed by atoms with van der Waals surface area (Å²) < 4.78 is 21.6. The third-order valence-corrected chi connectivity index (χ3v) is 6.09. The number of ether oxygens (including phenoxy) is 1. The number of hydrogen-bond donors (Lipinski definition) is 2.